The Morgan fingerprint density at radius 1 is 1.14 bits per heavy atom. The number of aromatic nitrogens is 4. The predicted molar refractivity (Wildman–Crippen MR) is 126 cm³/mol. The molecule has 5 rings (SSSR count). The molecule has 1 aliphatic rings. The van der Waals surface area contributed by atoms with Gasteiger partial charge >= 0.3 is 0 Å². The van der Waals surface area contributed by atoms with Gasteiger partial charge in [0.25, 0.3) is 11.9 Å². The largest absolute Gasteiger partial charge is 0.497 e. The van der Waals surface area contributed by atoms with Crippen LogP contribution < -0.4 is 4.74 Å². The first-order valence-corrected chi connectivity index (χ1v) is 11.2. The number of benzene rings is 2. The Kier molecular flexibility index (Phi) is 6.14. The van der Waals surface area contributed by atoms with Crippen LogP contribution in [-0.4, -0.2) is 69.1 Å². The molecule has 1 fully saturated rings. The van der Waals surface area contributed by atoms with Gasteiger partial charge in [0.15, 0.2) is 0 Å². The molecule has 3 heterocycles. The maximum atomic E-state index is 14.4. The van der Waals surface area contributed by atoms with Gasteiger partial charge in [0.2, 0.25) is 0 Å². The number of aliphatic hydroxyl groups excluding tert-OH is 1. The second-order valence-electron chi connectivity index (χ2n) is 8.23. The first-order chi connectivity index (χ1) is 17.0. The van der Waals surface area contributed by atoms with Crippen LogP contribution in [0, 0.1) is 5.82 Å². The van der Waals surface area contributed by atoms with Crippen molar-refractivity contribution >= 4 is 16.8 Å². The molecular weight excluding hydrogens is 453 g/mol. The van der Waals surface area contributed by atoms with E-state index in [0.29, 0.717) is 65.3 Å². The van der Waals surface area contributed by atoms with Gasteiger partial charge in [0.1, 0.15) is 11.6 Å². The highest BCUT2D eigenvalue weighted by Gasteiger charge is 2.22. The predicted octanol–water partition coefficient (Wildman–Crippen LogP) is 3.16. The maximum Gasteiger partial charge on any atom is 0.254 e. The van der Waals surface area contributed by atoms with Crippen LogP contribution in [0.2, 0.25) is 0 Å². The number of aliphatic hydroxyl groups is 1. The van der Waals surface area contributed by atoms with Crippen molar-refractivity contribution in [3.63, 3.8) is 0 Å². The van der Waals surface area contributed by atoms with Gasteiger partial charge in [-0.05, 0) is 37.3 Å². The highest BCUT2D eigenvalue weighted by Crippen LogP contribution is 2.29. The number of halogens is 1. The van der Waals surface area contributed by atoms with Crippen molar-refractivity contribution in [2.75, 3.05) is 33.4 Å². The fraction of sp³-hybridized carbons (Fsp3) is 0.280. The second-order valence-corrected chi connectivity index (χ2v) is 8.23. The Labute approximate surface area is 200 Å². The van der Waals surface area contributed by atoms with Gasteiger partial charge in [0.05, 0.1) is 37.6 Å². The number of nitrogens with zero attached hydrogens (tertiary/aromatic N) is 5. The van der Waals surface area contributed by atoms with E-state index in [1.165, 1.54) is 36.3 Å². The standard InChI is InChI=1S/C25H24FN5O4/c1-15(32)23-19-5-3-16(24(33)30-7-9-35-10-8-30)11-22(19)31(29-23)25-27-13-17(14-28-25)20-12-18(34-2)4-6-21(20)26/h3-6,11-15,32H,7-10H2,1-2H3. The highest BCUT2D eigenvalue weighted by atomic mass is 19.1. The molecule has 4 aromatic rings. The number of rotatable bonds is 5. The average molecular weight is 477 g/mol. The van der Waals surface area contributed by atoms with E-state index in [4.69, 9.17) is 9.47 Å². The lowest BCUT2D eigenvalue weighted by Gasteiger charge is -2.26. The lowest BCUT2D eigenvalue weighted by molar-refractivity contribution is 0.0303. The molecule has 10 heteroatoms. The molecule has 1 N–H and O–H groups in total. The Hall–Kier alpha value is -3.89. The average Bonchev–Trinajstić information content (AvgIpc) is 3.28. The van der Waals surface area contributed by atoms with Gasteiger partial charge < -0.3 is 19.5 Å². The number of fused-ring (bicyclic) bond motifs is 1. The Balaban J connectivity index is 1.55. The summed E-state index contributed by atoms with van der Waals surface area (Å²) in [5.41, 5.74) is 2.30. The number of morpholine rings is 1. The van der Waals surface area contributed by atoms with E-state index >= 15 is 0 Å². The van der Waals surface area contributed by atoms with Crippen LogP contribution in [-0.2, 0) is 4.74 Å². The Morgan fingerprint density at radius 2 is 1.89 bits per heavy atom. The molecule has 180 valence electrons. The van der Waals surface area contributed by atoms with Gasteiger partial charge in [0, 0.05) is 47.6 Å². The molecule has 35 heavy (non-hydrogen) atoms. The van der Waals surface area contributed by atoms with E-state index in [-0.39, 0.29) is 11.9 Å². The van der Waals surface area contributed by atoms with Crippen molar-refractivity contribution < 1.29 is 23.8 Å². The summed E-state index contributed by atoms with van der Waals surface area (Å²) in [5.74, 6) is 0.216. The molecule has 1 saturated heterocycles. The molecule has 2 aromatic carbocycles. The van der Waals surface area contributed by atoms with E-state index < -0.39 is 11.9 Å². The summed E-state index contributed by atoms with van der Waals surface area (Å²) in [6.45, 7) is 3.69. The minimum Gasteiger partial charge on any atom is -0.497 e. The third kappa shape index (κ3) is 4.33. The van der Waals surface area contributed by atoms with E-state index in [1.54, 1.807) is 36.1 Å². The van der Waals surface area contributed by atoms with Crippen LogP contribution in [0.15, 0.2) is 48.8 Å². The minimum absolute atomic E-state index is 0.105. The molecule has 0 bridgehead atoms. The Bertz CT molecular complexity index is 1380. The SMILES string of the molecule is COc1ccc(F)c(-c2cnc(-n3nc(C(C)O)c4ccc(C(=O)N5CCOCC5)cc43)nc2)c1. The van der Waals surface area contributed by atoms with Crippen molar-refractivity contribution in [3.8, 4) is 22.8 Å². The fourth-order valence-electron chi connectivity index (χ4n) is 4.10. The maximum absolute atomic E-state index is 14.4. The fourth-order valence-corrected chi connectivity index (χ4v) is 4.10. The van der Waals surface area contributed by atoms with Crippen LogP contribution >= 0.6 is 0 Å². The number of hydrogen-bond donors (Lipinski definition) is 1. The zero-order chi connectivity index (χ0) is 24.5. The van der Waals surface area contributed by atoms with Crippen LogP contribution in [0.4, 0.5) is 4.39 Å². The molecule has 1 unspecified atom stereocenters. The van der Waals surface area contributed by atoms with Gasteiger partial charge in [-0.25, -0.2) is 14.4 Å². The molecule has 0 radical (unpaired) electrons. The zero-order valence-corrected chi connectivity index (χ0v) is 19.3. The van der Waals surface area contributed by atoms with Crippen molar-refractivity contribution in [3.05, 3.63) is 65.9 Å². The summed E-state index contributed by atoms with van der Waals surface area (Å²) in [5, 5.41) is 15.5. The number of hydrogen-bond acceptors (Lipinski definition) is 7. The quantitative estimate of drug-likeness (QED) is 0.471. The summed E-state index contributed by atoms with van der Waals surface area (Å²) in [4.78, 5) is 23.6. The third-order valence-corrected chi connectivity index (χ3v) is 5.96. The third-order valence-electron chi connectivity index (χ3n) is 5.96. The number of carbonyl (C=O) groups is 1. The molecular formula is C25H24FN5O4. The van der Waals surface area contributed by atoms with E-state index in [0.717, 1.165) is 0 Å². The normalized spacial score (nSPS) is 14.8. The van der Waals surface area contributed by atoms with Crippen molar-refractivity contribution in [2.45, 2.75) is 13.0 Å². The van der Waals surface area contributed by atoms with E-state index in [2.05, 4.69) is 15.1 Å². The molecule has 0 aliphatic carbocycles. The summed E-state index contributed by atoms with van der Waals surface area (Å²) in [6.07, 6.45) is 2.15. The first-order valence-electron chi connectivity index (χ1n) is 11.2. The van der Waals surface area contributed by atoms with Gasteiger partial charge in [-0.1, -0.05) is 6.07 Å². The lowest BCUT2D eigenvalue weighted by atomic mass is 10.1. The number of carbonyl (C=O) groups excluding carboxylic acids is 1. The van der Waals surface area contributed by atoms with Crippen molar-refractivity contribution in [2.24, 2.45) is 0 Å². The number of methoxy groups -OCH3 is 1. The molecule has 1 atom stereocenters. The van der Waals surface area contributed by atoms with Crippen LogP contribution in [0.5, 0.6) is 5.75 Å². The highest BCUT2D eigenvalue weighted by molar-refractivity contribution is 5.98. The second kappa shape index (κ2) is 9.40. The summed E-state index contributed by atoms with van der Waals surface area (Å²) in [6, 6.07) is 9.67. The number of amides is 1. The van der Waals surface area contributed by atoms with Gasteiger partial charge in [-0.2, -0.15) is 9.78 Å². The topological polar surface area (TPSA) is 103 Å². The Morgan fingerprint density at radius 3 is 2.57 bits per heavy atom. The summed E-state index contributed by atoms with van der Waals surface area (Å²) < 4.78 is 26.4. The molecule has 0 saturated carbocycles. The van der Waals surface area contributed by atoms with Gasteiger partial charge in [-0.3, -0.25) is 4.79 Å². The summed E-state index contributed by atoms with van der Waals surface area (Å²) >= 11 is 0. The number of ether oxygens (including phenoxy) is 2. The smallest absolute Gasteiger partial charge is 0.254 e. The van der Waals surface area contributed by atoms with Crippen LogP contribution in [0.1, 0.15) is 29.1 Å². The zero-order valence-electron chi connectivity index (χ0n) is 19.3. The van der Waals surface area contributed by atoms with Crippen molar-refractivity contribution in [1.29, 1.82) is 0 Å². The first kappa shape index (κ1) is 22.9. The van der Waals surface area contributed by atoms with Crippen LogP contribution in [0.25, 0.3) is 28.0 Å². The molecule has 1 amide bonds. The summed E-state index contributed by atoms with van der Waals surface area (Å²) in [7, 11) is 1.51. The molecule has 0 spiro atoms. The van der Waals surface area contributed by atoms with Gasteiger partial charge in [-0.15, -0.1) is 0 Å². The minimum atomic E-state index is -0.843. The van der Waals surface area contributed by atoms with E-state index in [9.17, 15) is 14.3 Å². The monoisotopic (exact) mass is 477 g/mol. The lowest BCUT2D eigenvalue weighted by Crippen LogP contribution is -2.40. The molecule has 1 aliphatic heterocycles. The van der Waals surface area contributed by atoms with Crippen LogP contribution in [0.3, 0.4) is 0 Å². The molecule has 9 nitrogen and oxygen atoms in total. The van der Waals surface area contributed by atoms with Crippen molar-refractivity contribution in [1.82, 2.24) is 24.6 Å². The van der Waals surface area contributed by atoms with E-state index in [1.807, 2.05) is 0 Å². The molecule has 2 aromatic heterocycles.